The van der Waals surface area contributed by atoms with Gasteiger partial charge < -0.3 is 24.6 Å². The summed E-state index contributed by atoms with van der Waals surface area (Å²) in [6.45, 7) is 4.37. The van der Waals surface area contributed by atoms with Crippen molar-refractivity contribution < 1.29 is 24.0 Å². The number of quaternary nitrogens is 1. The normalized spacial score (nSPS) is 14.4. The van der Waals surface area contributed by atoms with Gasteiger partial charge in [0.05, 0.1) is 37.8 Å². The van der Waals surface area contributed by atoms with Gasteiger partial charge >= 0.3 is 0 Å². The van der Waals surface area contributed by atoms with Crippen LogP contribution in [0.15, 0.2) is 24.3 Å². The number of ether oxygens (including phenoxy) is 2. The number of hydrogen-bond donors (Lipinski definition) is 2. The molecule has 0 bridgehead atoms. The Hall–Kier alpha value is -2.63. The van der Waals surface area contributed by atoms with Crippen LogP contribution in [0.25, 0.3) is 0 Å². The number of benzene rings is 1. The Bertz CT molecular complexity index is 649. The standard InChI is InChI=1S/C19H26N4O4/c1-26-12-2-7-21-18(24)14-22-8-10-23(11-9-22)19(25)15-27-17-5-3-16(13-20)4-6-17/h3-6H,2,7-12,14-15H2,1H3,(H,21,24)/p+1. The number of carbonyl (C=O) groups excluding carboxylic acids is 2. The van der Waals surface area contributed by atoms with Gasteiger partial charge in [-0.2, -0.15) is 5.26 Å². The third kappa shape index (κ3) is 7.25. The van der Waals surface area contributed by atoms with Crippen LogP contribution < -0.4 is 15.0 Å². The summed E-state index contributed by atoms with van der Waals surface area (Å²) < 4.78 is 10.4. The fraction of sp³-hybridized carbons (Fsp3) is 0.526. The molecule has 2 N–H and O–H groups in total. The fourth-order valence-electron chi connectivity index (χ4n) is 2.85. The van der Waals surface area contributed by atoms with Gasteiger partial charge in [-0.05, 0) is 30.7 Å². The number of nitrogens with zero attached hydrogens (tertiary/aromatic N) is 2. The van der Waals surface area contributed by atoms with Crippen molar-refractivity contribution in [1.29, 1.82) is 5.26 Å². The van der Waals surface area contributed by atoms with Gasteiger partial charge in [0.1, 0.15) is 5.75 Å². The van der Waals surface area contributed by atoms with Gasteiger partial charge in [0.25, 0.3) is 11.8 Å². The van der Waals surface area contributed by atoms with E-state index in [9.17, 15) is 9.59 Å². The Morgan fingerprint density at radius 1 is 1.26 bits per heavy atom. The summed E-state index contributed by atoms with van der Waals surface area (Å²) in [6, 6.07) is 8.71. The summed E-state index contributed by atoms with van der Waals surface area (Å²) in [7, 11) is 1.64. The van der Waals surface area contributed by atoms with Crippen molar-refractivity contribution in [2.24, 2.45) is 0 Å². The highest BCUT2D eigenvalue weighted by Gasteiger charge is 2.25. The molecule has 27 heavy (non-hydrogen) atoms. The van der Waals surface area contributed by atoms with Crippen LogP contribution in [0.1, 0.15) is 12.0 Å². The lowest BCUT2D eigenvalue weighted by Crippen LogP contribution is -3.15. The first kappa shape index (κ1) is 20.7. The summed E-state index contributed by atoms with van der Waals surface area (Å²) in [5, 5.41) is 11.7. The zero-order chi connectivity index (χ0) is 19.5. The Morgan fingerprint density at radius 3 is 2.59 bits per heavy atom. The second kappa shape index (κ2) is 11.2. The first-order chi connectivity index (χ1) is 13.1. The van der Waals surface area contributed by atoms with Crippen molar-refractivity contribution in [3.8, 4) is 11.8 Å². The van der Waals surface area contributed by atoms with Gasteiger partial charge in [-0.1, -0.05) is 0 Å². The second-order valence-corrected chi connectivity index (χ2v) is 6.43. The van der Waals surface area contributed by atoms with Crippen LogP contribution in [0.4, 0.5) is 0 Å². The zero-order valence-corrected chi connectivity index (χ0v) is 15.7. The van der Waals surface area contributed by atoms with E-state index in [2.05, 4.69) is 5.32 Å². The molecule has 1 aliphatic rings. The average Bonchev–Trinajstić information content (AvgIpc) is 2.70. The molecule has 1 heterocycles. The molecule has 1 aromatic rings. The van der Waals surface area contributed by atoms with Crippen molar-refractivity contribution in [2.75, 3.05) is 59.6 Å². The van der Waals surface area contributed by atoms with Crippen LogP contribution in [0.2, 0.25) is 0 Å². The molecular formula is C19H27N4O4+. The maximum atomic E-state index is 12.3. The number of amides is 2. The lowest BCUT2D eigenvalue weighted by molar-refractivity contribution is -0.896. The van der Waals surface area contributed by atoms with Crippen LogP contribution in [0, 0.1) is 11.3 Å². The van der Waals surface area contributed by atoms with Gasteiger partial charge in [-0.15, -0.1) is 0 Å². The first-order valence-electron chi connectivity index (χ1n) is 9.12. The molecule has 0 aromatic heterocycles. The Kier molecular flexibility index (Phi) is 8.55. The van der Waals surface area contributed by atoms with Crippen LogP contribution in [-0.2, 0) is 14.3 Å². The number of piperazine rings is 1. The third-order valence-corrected chi connectivity index (χ3v) is 4.43. The van der Waals surface area contributed by atoms with Crippen molar-refractivity contribution >= 4 is 11.8 Å². The zero-order valence-electron chi connectivity index (χ0n) is 15.7. The molecule has 0 aliphatic carbocycles. The molecule has 1 fully saturated rings. The molecule has 1 aliphatic heterocycles. The van der Waals surface area contributed by atoms with Gasteiger partial charge in [0.2, 0.25) is 0 Å². The predicted octanol–water partition coefficient (Wildman–Crippen LogP) is -1.18. The highest BCUT2D eigenvalue weighted by atomic mass is 16.5. The van der Waals surface area contributed by atoms with Crippen molar-refractivity contribution in [3.63, 3.8) is 0 Å². The Morgan fingerprint density at radius 2 is 1.96 bits per heavy atom. The molecule has 1 saturated heterocycles. The molecule has 0 radical (unpaired) electrons. The molecule has 0 atom stereocenters. The second-order valence-electron chi connectivity index (χ2n) is 6.43. The van der Waals surface area contributed by atoms with Crippen LogP contribution >= 0.6 is 0 Å². The lowest BCUT2D eigenvalue weighted by Gasteiger charge is -2.31. The van der Waals surface area contributed by atoms with Gasteiger partial charge in [0.15, 0.2) is 13.2 Å². The highest BCUT2D eigenvalue weighted by Crippen LogP contribution is 2.11. The summed E-state index contributed by atoms with van der Waals surface area (Å²) in [5.41, 5.74) is 0.551. The summed E-state index contributed by atoms with van der Waals surface area (Å²) >= 11 is 0. The first-order valence-corrected chi connectivity index (χ1v) is 9.12. The molecule has 1 aromatic carbocycles. The van der Waals surface area contributed by atoms with Crippen molar-refractivity contribution in [3.05, 3.63) is 29.8 Å². The van der Waals surface area contributed by atoms with E-state index in [1.807, 2.05) is 6.07 Å². The minimum absolute atomic E-state index is 0.0266. The predicted molar refractivity (Wildman–Crippen MR) is 98.3 cm³/mol. The smallest absolute Gasteiger partial charge is 0.275 e. The number of nitriles is 1. The van der Waals surface area contributed by atoms with E-state index in [0.29, 0.717) is 44.1 Å². The Balaban J connectivity index is 1.64. The van der Waals surface area contributed by atoms with E-state index in [0.717, 1.165) is 19.5 Å². The molecule has 8 nitrogen and oxygen atoms in total. The van der Waals surface area contributed by atoms with E-state index in [1.54, 1.807) is 36.3 Å². The maximum Gasteiger partial charge on any atom is 0.275 e. The minimum Gasteiger partial charge on any atom is -0.484 e. The third-order valence-electron chi connectivity index (χ3n) is 4.43. The topological polar surface area (TPSA) is 96.1 Å². The molecule has 2 amide bonds. The summed E-state index contributed by atoms with van der Waals surface area (Å²) in [4.78, 5) is 27.1. The summed E-state index contributed by atoms with van der Waals surface area (Å²) in [6.07, 6.45) is 0.805. The van der Waals surface area contributed by atoms with Crippen LogP contribution in [-0.4, -0.2) is 76.3 Å². The number of rotatable bonds is 9. The maximum absolute atomic E-state index is 12.3. The highest BCUT2D eigenvalue weighted by molar-refractivity contribution is 5.78. The molecule has 2 rings (SSSR count). The molecule has 8 heteroatoms. The molecule has 0 saturated carbocycles. The van der Waals surface area contributed by atoms with E-state index in [4.69, 9.17) is 14.7 Å². The van der Waals surface area contributed by atoms with Crippen LogP contribution in [0.3, 0.4) is 0 Å². The van der Waals surface area contributed by atoms with E-state index in [-0.39, 0.29) is 18.4 Å². The number of hydrogen-bond acceptors (Lipinski definition) is 5. The quantitative estimate of drug-likeness (QED) is 0.530. The largest absolute Gasteiger partial charge is 0.484 e. The monoisotopic (exact) mass is 375 g/mol. The lowest BCUT2D eigenvalue weighted by atomic mass is 10.2. The van der Waals surface area contributed by atoms with Gasteiger partial charge in [-0.25, -0.2) is 0 Å². The van der Waals surface area contributed by atoms with E-state index >= 15 is 0 Å². The van der Waals surface area contributed by atoms with E-state index in [1.165, 1.54) is 4.90 Å². The summed E-state index contributed by atoms with van der Waals surface area (Å²) in [5.74, 6) is 0.532. The molecule has 146 valence electrons. The van der Waals surface area contributed by atoms with Crippen LogP contribution in [0.5, 0.6) is 5.75 Å². The molecule has 0 unspecified atom stereocenters. The fourth-order valence-corrected chi connectivity index (χ4v) is 2.85. The SMILES string of the molecule is COCCCNC(=O)C[NH+]1CCN(C(=O)COc2ccc(C#N)cc2)CC1. The minimum atomic E-state index is -0.0672. The number of methoxy groups -OCH3 is 1. The number of carbonyl (C=O) groups is 2. The number of nitrogens with one attached hydrogen (secondary N) is 2. The Labute approximate surface area is 159 Å². The average molecular weight is 375 g/mol. The molecule has 0 spiro atoms. The van der Waals surface area contributed by atoms with Crippen molar-refractivity contribution in [2.45, 2.75) is 6.42 Å². The van der Waals surface area contributed by atoms with Crippen molar-refractivity contribution in [1.82, 2.24) is 10.2 Å². The van der Waals surface area contributed by atoms with Gasteiger partial charge in [0, 0.05) is 20.3 Å². The molecular weight excluding hydrogens is 348 g/mol. The van der Waals surface area contributed by atoms with Gasteiger partial charge in [-0.3, -0.25) is 9.59 Å². The van der Waals surface area contributed by atoms with E-state index < -0.39 is 0 Å².